The number of halogens is 1. The Morgan fingerprint density at radius 3 is 1.32 bits per heavy atom. The summed E-state index contributed by atoms with van der Waals surface area (Å²) in [4.78, 5) is 23.5. The molecule has 0 spiro atoms. The fourth-order valence-corrected chi connectivity index (χ4v) is 4.91. The van der Waals surface area contributed by atoms with Gasteiger partial charge >= 0.3 is 0 Å². The van der Waals surface area contributed by atoms with E-state index in [0.29, 0.717) is 22.6 Å². The van der Waals surface area contributed by atoms with Gasteiger partial charge < -0.3 is 18.9 Å². The highest BCUT2D eigenvalue weighted by atomic mass is 79.9. The molecule has 4 rings (SSSR count). The molecule has 4 aromatic carbocycles. The van der Waals surface area contributed by atoms with Crippen LogP contribution in [0.15, 0.2) is 72.8 Å². The van der Waals surface area contributed by atoms with Gasteiger partial charge in [-0.3, -0.25) is 9.59 Å². The maximum atomic E-state index is 11.9. The zero-order valence-corrected chi connectivity index (χ0v) is 28.0. The topological polar surface area (TPSA) is 94.8 Å². The van der Waals surface area contributed by atoms with Gasteiger partial charge in [-0.15, -0.1) is 0 Å². The maximum Gasteiger partial charge on any atom is 0.173 e. The number of hydrogen-bond acceptors (Lipinski definition) is 7. The Balaban J connectivity index is 0.000000282. The van der Waals surface area contributed by atoms with Gasteiger partial charge in [0.05, 0.1) is 25.6 Å². The van der Waals surface area contributed by atoms with Crippen molar-refractivity contribution in [3.05, 3.63) is 106 Å². The molecule has 0 radical (unpaired) electrons. The van der Waals surface area contributed by atoms with Crippen LogP contribution in [0.3, 0.4) is 0 Å². The van der Waals surface area contributed by atoms with Crippen molar-refractivity contribution < 1.29 is 28.5 Å². The second kappa shape index (κ2) is 17.5. The minimum Gasteiger partial charge on any atom is -0.497 e. The summed E-state index contributed by atoms with van der Waals surface area (Å²) in [6.07, 6.45) is 0. The van der Waals surface area contributed by atoms with E-state index in [-0.39, 0.29) is 11.6 Å². The molecule has 0 saturated heterocycles. The number of ether oxygens (including phenoxy) is 4. The number of carbonyl (C=O) groups excluding carboxylic acids is 2. The second-order valence-electron chi connectivity index (χ2n) is 9.76. The normalized spacial score (nSPS) is 9.73. The van der Waals surface area contributed by atoms with E-state index in [1.54, 1.807) is 27.2 Å². The fourth-order valence-electron chi connectivity index (χ4n) is 4.63. The third-order valence-electron chi connectivity index (χ3n) is 6.32. The van der Waals surface area contributed by atoms with Gasteiger partial charge in [-0.2, -0.15) is 5.26 Å². The smallest absolute Gasteiger partial charge is 0.173 e. The lowest BCUT2D eigenvalue weighted by atomic mass is 9.99. The lowest BCUT2D eigenvalue weighted by molar-refractivity contribution is 0.101. The molecule has 44 heavy (non-hydrogen) atoms. The third-order valence-corrected chi connectivity index (χ3v) is 6.83. The van der Waals surface area contributed by atoms with Crippen molar-refractivity contribution in [1.82, 2.24) is 0 Å². The minimum absolute atomic E-state index is 0.0768. The van der Waals surface area contributed by atoms with E-state index in [1.165, 1.54) is 6.92 Å². The highest BCUT2D eigenvalue weighted by Gasteiger charge is 2.13. The Labute approximate surface area is 268 Å². The van der Waals surface area contributed by atoms with Crippen LogP contribution in [0, 0.1) is 39.0 Å². The first kappa shape index (κ1) is 35.6. The lowest BCUT2D eigenvalue weighted by Gasteiger charge is -2.12. The summed E-state index contributed by atoms with van der Waals surface area (Å²) in [6, 6.07) is 24.1. The third kappa shape index (κ3) is 10.3. The maximum absolute atomic E-state index is 11.9. The average molecular weight is 661 g/mol. The van der Waals surface area contributed by atoms with Crippen LogP contribution in [0.1, 0.15) is 56.8 Å². The van der Waals surface area contributed by atoms with Crippen molar-refractivity contribution in [2.75, 3.05) is 19.5 Å². The molecule has 0 saturated carbocycles. The van der Waals surface area contributed by atoms with Gasteiger partial charge in [0.2, 0.25) is 0 Å². The number of carbonyl (C=O) groups is 2. The number of benzene rings is 4. The number of methoxy groups -OCH3 is 2. The molecule has 0 amide bonds. The van der Waals surface area contributed by atoms with Crippen LogP contribution in [0.25, 0.3) is 0 Å². The summed E-state index contributed by atoms with van der Waals surface area (Å²) in [7, 11) is 3.24. The molecular weight excluding hydrogens is 622 g/mol. The van der Waals surface area contributed by atoms with Gasteiger partial charge in [0.25, 0.3) is 0 Å². The summed E-state index contributed by atoms with van der Waals surface area (Å²) in [5, 5.41) is 7.64. The van der Waals surface area contributed by atoms with Crippen molar-refractivity contribution in [2.24, 2.45) is 0 Å². The van der Waals surface area contributed by atoms with E-state index in [2.05, 4.69) is 15.9 Å². The first-order valence-electron chi connectivity index (χ1n) is 13.7. The predicted octanol–water partition coefficient (Wildman–Crippen LogP) is 9.52. The molecule has 230 valence electrons. The van der Waals surface area contributed by atoms with Crippen LogP contribution in [0.5, 0.6) is 34.5 Å². The molecule has 0 bridgehead atoms. The number of nitrogens with zero attached hydrogens (tertiary/aromatic N) is 1. The van der Waals surface area contributed by atoms with Gasteiger partial charge in [0.15, 0.2) is 11.6 Å². The highest BCUT2D eigenvalue weighted by molar-refractivity contribution is 9.09. The van der Waals surface area contributed by atoms with Crippen LogP contribution in [0.2, 0.25) is 0 Å². The van der Waals surface area contributed by atoms with Crippen molar-refractivity contribution in [1.29, 1.82) is 5.26 Å². The number of Topliss-reactive ketones (excluding diaryl/α,β-unsaturated/α-hetero) is 2. The summed E-state index contributed by atoms with van der Waals surface area (Å²) < 4.78 is 22.0. The van der Waals surface area contributed by atoms with Crippen molar-refractivity contribution in [3.63, 3.8) is 0 Å². The quantitative estimate of drug-likeness (QED) is 0.130. The first-order valence-corrected chi connectivity index (χ1v) is 14.9. The number of hydrogen-bond donors (Lipinski definition) is 0. The van der Waals surface area contributed by atoms with E-state index >= 15 is 0 Å². The van der Waals surface area contributed by atoms with E-state index in [0.717, 1.165) is 50.6 Å². The molecule has 0 atom stereocenters. The fraction of sp³-hybridized carbons (Fsp3) is 0.250. The monoisotopic (exact) mass is 659 g/mol. The Morgan fingerprint density at radius 2 is 1.00 bits per heavy atom. The van der Waals surface area contributed by atoms with Gasteiger partial charge in [0, 0.05) is 30.2 Å². The van der Waals surface area contributed by atoms with Crippen molar-refractivity contribution in [3.8, 4) is 40.6 Å². The zero-order chi connectivity index (χ0) is 32.8. The molecule has 0 aliphatic carbocycles. The van der Waals surface area contributed by atoms with Crippen LogP contribution in [0.4, 0.5) is 0 Å². The Bertz CT molecular complexity index is 1590. The molecule has 0 heterocycles. The molecule has 7 nitrogen and oxygen atoms in total. The summed E-state index contributed by atoms with van der Waals surface area (Å²) >= 11 is 3.21. The SMILES string of the molecule is CC#N.COc1cccc(Oc2cc(C)c(C(=O)CBr)c(C)c2)c1.COc1cccc(Oc2cc(C)c(C(C)=O)c(C)c2)c1. The van der Waals surface area contributed by atoms with Crippen molar-refractivity contribution in [2.45, 2.75) is 41.5 Å². The minimum atomic E-state index is 0.0768. The summed E-state index contributed by atoms with van der Waals surface area (Å²) in [6.45, 7) is 10.7. The molecule has 0 aliphatic rings. The largest absolute Gasteiger partial charge is 0.497 e. The zero-order valence-electron chi connectivity index (χ0n) is 26.4. The van der Waals surface area contributed by atoms with Crippen LogP contribution >= 0.6 is 15.9 Å². The van der Waals surface area contributed by atoms with Gasteiger partial charge in [-0.05, 0) is 105 Å². The van der Waals surface area contributed by atoms with Crippen LogP contribution in [-0.4, -0.2) is 31.1 Å². The number of rotatable bonds is 9. The van der Waals surface area contributed by atoms with E-state index < -0.39 is 0 Å². The number of alkyl halides is 1. The molecule has 0 unspecified atom stereocenters. The Kier molecular flexibility index (Phi) is 14.1. The highest BCUT2D eigenvalue weighted by Crippen LogP contribution is 2.30. The first-order chi connectivity index (χ1) is 21.0. The van der Waals surface area contributed by atoms with E-state index in [4.69, 9.17) is 24.2 Å². The predicted molar refractivity (Wildman–Crippen MR) is 177 cm³/mol. The van der Waals surface area contributed by atoms with Crippen LogP contribution in [-0.2, 0) is 0 Å². The van der Waals surface area contributed by atoms with Crippen molar-refractivity contribution >= 4 is 27.5 Å². The van der Waals surface area contributed by atoms with E-state index in [1.807, 2.05) is 100 Å². The molecule has 0 aliphatic heterocycles. The standard InChI is InChI=1S/C17H17BrO3.C17H18O3.C2H3N/c1-11-7-15(8-12(2)17(11)16(19)10-18)21-14-6-4-5-13(9-14)20-3;1-11-8-16(9-12(2)17(11)13(3)18)20-15-7-5-6-14(10-15)19-4;1-2-3/h4-9H,10H2,1-3H3;5-10H,1-4H3;1H3. The van der Waals surface area contributed by atoms with Gasteiger partial charge in [0.1, 0.15) is 34.5 Å². The summed E-state index contributed by atoms with van der Waals surface area (Å²) in [5.74, 6) is 4.49. The van der Waals surface area contributed by atoms with Gasteiger partial charge in [-0.1, -0.05) is 28.1 Å². The van der Waals surface area contributed by atoms with E-state index in [9.17, 15) is 9.59 Å². The van der Waals surface area contributed by atoms with Crippen LogP contribution < -0.4 is 18.9 Å². The Morgan fingerprint density at radius 1 is 0.659 bits per heavy atom. The van der Waals surface area contributed by atoms with Gasteiger partial charge in [-0.25, -0.2) is 0 Å². The molecule has 0 aromatic heterocycles. The molecule has 8 heteroatoms. The molecule has 0 N–H and O–H groups in total. The summed E-state index contributed by atoms with van der Waals surface area (Å²) in [5.41, 5.74) is 5.20. The molecule has 4 aromatic rings. The Hall–Kier alpha value is -4.61. The average Bonchev–Trinajstić information content (AvgIpc) is 2.97. The lowest BCUT2D eigenvalue weighted by Crippen LogP contribution is -2.05. The molecule has 0 fully saturated rings. The molecular formula is C36H38BrNO6. The number of nitriles is 1. The number of ketones is 2. The number of aryl methyl sites for hydroxylation is 4. The second-order valence-corrected chi connectivity index (χ2v) is 10.3.